The van der Waals surface area contributed by atoms with Gasteiger partial charge in [0.05, 0.1) is 44.8 Å². The Morgan fingerprint density at radius 1 is 0.288 bits per heavy atom. The van der Waals surface area contributed by atoms with Crippen molar-refractivity contribution in [1.29, 1.82) is 0 Å². The molecule has 0 saturated heterocycles. The Labute approximate surface area is 300 Å². The van der Waals surface area contributed by atoms with E-state index >= 15 is 0 Å². The highest BCUT2D eigenvalue weighted by molar-refractivity contribution is 6.19. The molecule has 0 spiro atoms. The summed E-state index contributed by atoms with van der Waals surface area (Å²) in [4.78, 5) is 21.1. The van der Waals surface area contributed by atoms with Crippen LogP contribution in [-0.2, 0) is 0 Å². The number of para-hydroxylation sites is 2. The third-order valence-corrected chi connectivity index (χ3v) is 9.58. The van der Waals surface area contributed by atoms with E-state index in [0.29, 0.717) is 11.9 Å². The largest absolute Gasteiger partial charge is 0.276 e. The van der Waals surface area contributed by atoms with E-state index in [9.17, 15) is 0 Å². The van der Waals surface area contributed by atoms with Gasteiger partial charge in [-0.15, -0.1) is 0 Å². The van der Waals surface area contributed by atoms with Gasteiger partial charge < -0.3 is 0 Å². The highest BCUT2D eigenvalue weighted by atomic mass is 15.2. The predicted octanol–water partition coefficient (Wildman–Crippen LogP) is 11.0. The number of hydrogen-bond donors (Lipinski definition) is 0. The Morgan fingerprint density at radius 2 is 0.558 bits per heavy atom. The Kier molecular flexibility index (Phi) is 7.03. The Hall–Kier alpha value is -7.18. The number of nitrogens with zero attached hydrogens (tertiary/aromatic N) is 6. The molecular formula is C46H30N6. The van der Waals surface area contributed by atoms with Crippen molar-refractivity contribution < 1.29 is 0 Å². The van der Waals surface area contributed by atoms with Gasteiger partial charge in [-0.25, -0.2) is 19.9 Å². The molecule has 0 unspecified atom stereocenters. The first kappa shape index (κ1) is 29.7. The molecule has 0 aliphatic rings. The molecule has 0 amide bonds. The smallest absolute Gasteiger partial charge is 0.235 e. The van der Waals surface area contributed by atoms with Crippen LogP contribution in [0, 0.1) is 0 Å². The molecule has 0 aliphatic carbocycles. The average Bonchev–Trinajstić information content (AvgIpc) is 3.75. The van der Waals surface area contributed by atoms with E-state index in [-0.39, 0.29) is 0 Å². The molecule has 4 aromatic heterocycles. The summed E-state index contributed by atoms with van der Waals surface area (Å²) in [5.74, 6) is 1.19. The summed E-state index contributed by atoms with van der Waals surface area (Å²) in [6.07, 6.45) is 0. The van der Waals surface area contributed by atoms with Crippen molar-refractivity contribution >= 4 is 32.8 Å². The molecule has 0 bridgehead atoms. The summed E-state index contributed by atoms with van der Waals surface area (Å²) in [6.45, 7) is 0. The lowest BCUT2D eigenvalue weighted by molar-refractivity contribution is 0.990. The Bertz CT molecular complexity index is 2560. The van der Waals surface area contributed by atoms with Gasteiger partial charge in [0.1, 0.15) is 0 Å². The first-order valence-electron chi connectivity index (χ1n) is 17.3. The van der Waals surface area contributed by atoms with Gasteiger partial charge in [-0.1, -0.05) is 158 Å². The molecule has 0 atom stereocenters. The minimum absolute atomic E-state index is 0.596. The maximum Gasteiger partial charge on any atom is 0.235 e. The molecule has 0 fully saturated rings. The second-order valence-corrected chi connectivity index (χ2v) is 12.7. The fraction of sp³-hybridized carbons (Fsp3) is 0. The maximum absolute atomic E-state index is 5.28. The summed E-state index contributed by atoms with van der Waals surface area (Å²) in [6, 6.07) is 62.3. The van der Waals surface area contributed by atoms with Crippen molar-refractivity contribution in [3.8, 4) is 56.9 Å². The zero-order chi connectivity index (χ0) is 34.4. The monoisotopic (exact) mass is 666 g/mol. The standard InChI is InChI=1S/C46H30N6/c1-5-17-31(18-6-1)37-29-38(32-19-7-2-8-20-32)48-45(47-37)51-41-27-15-13-25-35(41)44-43(51)36-26-14-16-28-42(36)52(44)46-49-39(33-21-9-3-10-22-33)30-40(50-46)34-23-11-4-12-24-34/h1-30H. The number of aromatic nitrogens is 6. The van der Waals surface area contributed by atoms with Crippen molar-refractivity contribution in [1.82, 2.24) is 29.1 Å². The van der Waals surface area contributed by atoms with E-state index in [0.717, 1.165) is 77.9 Å². The van der Waals surface area contributed by atoms with Gasteiger partial charge in [0.25, 0.3) is 0 Å². The number of benzene rings is 6. The molecule has 0 saturated carbocycles. The zero-order valence-corrected chi connectivity index (χ0v) is 28.0. The van der Waals surface area contributed by atoms with Crippen molar-refractivity contribution in [2.45, 2.75) is 0 Å². The predicted molar refractivity (Wildman–Crippen MR) is 211 cm³/mol. The number of rotatable bonds is 6. The second kappa shape index (κ2) is 12.3. The fourth-order valence-electron chi connectivity index (χ4n) is 7.20. The third-order valence-electron chi connectivity index (χ3n) is 9.58. The van der Waals surface area contributed by atoms with Crippen LogP contribution < -0.4 is 0 Å². The molecule has 0 aliphatic heterocycles. The first-order chi connectivity index (χ1) is 25.8. The summed E-state index contributed by atoms with van der Waals surface area (Å²) in [5.41, 5.74) is 11.5. The van der Waals surface area contributed by atoms with E-state index in [1.807, 2.05) is 72.8 Å². The highest BCUT2D eigenvalue weighted by Crippen LogP contribution is 2.41. The van der Waals surface area contributed by atoms with Crippen molar-refractivity contribution in [3.05, 3.63) is 182 Å². The second-order valence-electron chi connectivity index (χ2n) is 12.7. The molecule has 52 heavy (non-hydrogen) atoms. The molecule has 6 aromatic carbocycles. The van der Waals surface area contributed by atoms with Crippen LogP contribution in [0.1, 0.15) is 0 Å². The van der Waals surface area contributed by atoms with Gasteiger partial charge in [-0.2, -0.15) is 0 Å². The van der Waals surface area contributed by atoms with Crippen LogP contribution in [0.25, 0.3) is 89.8 Å². The summed E-state index contributed by atoms with van der Waals surface area (Å²) >= 11 is 0. The minimum atomic E-state index is 0.596. The molecular weight excluding hydrogens is 637 g/mol. The van der Waals surface area contributed by atoms with Crippen molar-refractivity contribution in [2.24, 2.45) is 0 Å². The van der Waals surface area contributed by atoms with Gasteiger partial charge in [0.2, 0.25) is 11.9 Å². The van der Waals surface area contributed by atoms with Crippen LogP contribution in [-0.4, -0.2) is 29.1 Å². The highest BCUT2D eigenvalue weighted by Gasteiger charge is 2.25. The van der Waals surface area contributed by atoms with Crippen molar-refractivity contribution in [3.63, 3.8) is 0 Å². The van der Waals surface area contributed by atoms with Crippen LogP contribution in [0.15, 0.2) is 182 Å². The lowest BCUT2D eigenvalue weighted by atomic mass is 10.1. The summed E-state index contributed by atoms with van der Waals surface area (Å²) in [5, 5.41) is 2.11. The van der Waals surface area contributed by atoms with E-state index in [2.05, 4.69) is 118 Å². The van der Waals surface area contributed by atoms with E-state index < -0.39 is 0 Å². The Morgan fingerprint density at radius 3 is 0.865 bits per heavy atom. The fourth-order valence-corrected chi connectivity index (χ4v) is 7.20. The minimum Gasteiger partial charge on any atom is -0.276 e. The van der Waals surface area contributed by atoms with Crippen molar-refractivity contribution in [2.75, 3.05) is 0 Å². The molecule has 0 N–H and O–H groups in total. The van der Waals surface area contributed by atoms with E-state index in [1.165, 1.54) is 0 Å². The zero-order valence-electron chi connectivity index (χ0n) is 28.0. The average molecular weight is 667 g/mol. The van der Waals surface area contributed by atoms with Crippen LogP contribution in [0.4, 0.5) is 0 Å². The van der Waals surface area contributed by atoms with Gasteiger partial charge in [0, 0.05) is 33.0 Å². The molecule has 10 rings (SSSR count). The quantitative estimate of drug-likeness (QED) is 0.177. The van der Waals surface area contributed by atoms with Crippen LogP contribution in [0.3, 0.4) is 0 Å². The number of hydrogen-bond acceptors (Lipinski definition) is 4. The molecule has 0 radical (unpaired) electrons. The maximum atomic E-state index is 5.28. The van der Waals surface area contributed by atoms with Crippen LogP contribution >= 0.6 is 0 Å². The topological polar surface area (TPSA) is 61.4 Å². The molecule has 6 nitrogen and oxygen atoms in total. The van der Waals surface area contributed by atoms with Gasteiger partial charge in [-0.05, 0) is 24.3 Å². The SMILES string of the molecule is c1ccc(-c2cc(-c3ccccc3)nc(-n3c4ccccc4c4c3c3ccccc3n4-c3nc(-c4ccccc4)cc(-c4ccccc4)n3)n2)cc1. The van der Waals surface area contributed by atoms with Gasteiger partial charge >= 0.3 is 0 Å². The number of fused-ring (bicyclic) bond motifs is 5. The first-order valence-corrected chi connectivity index (χ1v) is 17.3. The van der Waals surface area contributed by atoms with Crippen LogP contribution in [0.5, 0.6) is 0 Å². The lowest BCUT2D eigenvalue weighted by Crippen LogP contribution is -2.04. The normalized spacial score (nSPS) is 11.5. The van der Waals surface area contributed by atoms with Crippen LogP contribution in [0.2, 0.25) is 0 Å². The molecule has 244 valence electrons. The van der Waals surface area contributed by atoms with Gasteiger partial charge in [0.15, 0.2) is 0 Å². The van der Waals surface area contributed by atoms with Gasteiger partial charge in [-0.3, -0.25) is 9.13 Å². The molecule has 6 heteroatoms. The lowest BCUT2D eigenvalue weighted by Gasteiger charge is -2.12. The molecule has 4 heterocycles. The summed E-state index contributed by atoms with van der Waals surface area (Å²) < 4.78 is 4.42. The van der Waals surface area contributed by atoms with E-state index in [4.69, 9.17) is 19.9 Å². The Balaban J connectivity index is 1.31. The molecule has 10 aromatic rings. The van der Waals surface area contributed by atoms with E-state index in [1.54, 1.807) is 0 Å². The third kappa shape index (κ3) is 4.96. The summed E-state index contributed by atoms with van der Waals surface area (Å²) in [7, 11) is 0.